The van der Waals surface area contributed by atoms with E-state index in [0.717, 1.165) is 21.8 Å². The summed E-state index contributed by atoms with van der Waals surface area (Å²) in [6.07, 6.45) is 3.45. The van der Waals surface area contributed by atoms with E-state index in [4.69, 9.17) is 5.26 Å². The maximum absolute atomic E-state index is 12.6. The summed E-state index contributed by atoms with van der Waals surface area (Å²) in [5, 5.41) is 11.8. The third kappa shape index (κ3) is 4.71. The maximum atomic E-state index is 12.6. The second kappa shape index (κ2) is 8.84. The number of rotatable bonds is 6. The first-order valence-electron chi connectivity index (χ1n) is 8.14. The average Bonchev–Trinajstić information content (AvgIpc) is 2.72. The predicted molar refractivity (Wildman–Crippen MR) is 103 cm³/mol. The van der Waals surface area contributed by atoms with Crippen molar-refractivity contribution in [3.05, 3.63) is 95.3 Å². The van der Waals surface area contributed by atoms with Gasteiger partial charge in [-0.15, -0.1) is 11.8 Å². The van der Waals surface area contributed by atoms with Gasteiger partial charge in [-0.05, 0) is 41.5 Å². The SMILES string of the molecule is N#Cc1ccc(CSc2ccccc2C(=O)NCc2cccnc2)cc1. The molecule has 0 saturated heterocycles. The van der Waals surface area contributed by atoms with Crippen LogP contribution in [0.3, 0.4) is 0 Å². The van der Waals surface area contributed by atoms with Crippen LogP contribution in [0.25, 0.3) is 0 Å². The molecule has 3 rings (SSSR count). The molecule has 5 heteroatoms. The number of aromatic nitrogens is 1. The molecule has 0 aliphatic heterocycles. The number of carbonyl (C=O) groups excluding carboxylic acids is 1. The zero-order chi connectivity index (χ0) is 18.2. The van der Waals surface area contributed by atoms with Gasteiger partial charge in [0.2, 0.25) is 0 Å². The van der Waals surface area contributed by atoms with E-state index in [-0.39, 0.29) is 5.91 Å². The molecule has 4 nitrogen and oxygen atoms in total. The van der Waals surface area contributed by atoms with Gasteiger partial charge >= 0.3 is 0 Å². The Balaban J connectivity index is 1.65. The minimum Gasteiger partial charge on any atom is -0.348 e. The first-order valence-corrected chi connectivity index (χ1v) is 9.13. The molecule has 3 aromatic rings. The standard InChI is InChI=1S/C21H17N3OS/c22-12-16-7-9-17(10-8-16)15-26-20-6-2-1-5-19(20)21(25)24-14-18-4-3-11-23-13-18/h1-11,13H,14-15H2,(H,24,25). The van der Waals surface area contributed by atoms with E-state index in [1.807, 2.05) is 60.7 Å². The van der Waals surface area contributed by atoms with Crippen molar-refractivity contribution in [2.45, 2.75) is 17.2 Å². The van der Waals surface area contributed by atoms with E-state index in [9.17, 15) is 4.79 Å². The van der Waals surface area contributed by atoms with Gasteiger partial charge in [0, 0.05) is 29.6 Å². The normalized spacial score (nSPS) is 10.1. The van der Waals surface area contributed by atoms with Crippen molar-refractivity contribution in [1.82, 2.24) is 10.3 Å². The maximum Gasteiger partial charge on any atom is 0.252 e. The fraction of sp³-hybridized carbons (Fsp3) is 0.0952. The molecule has 1 heterocycles. The van der Waals surface area contributed by atoms with Crippen LogP contribution in [-0.2, 0) is 12.3 Å². The van der Waals surface area contributed by atoms with E-state index in [0.29, 0.717) is 17.7 Å². The third-order valence-corrected chi connectivity index (χ3v) is 4.93. The van der Waals surface area contributed by atoms with Gasteiger partial charge in [0.05, 0.1) is 17.2 Å². The largest absolute Gasteiger partial charge is 0.348 e. The van der Waals surface area contributed by atoms with Gasteiger partial charge < -0.3 is 5.32 Å². The summed E-state index contributed by atoms with van der Waals surface area (Å²) < 4.78 is 0. The van der Waals surface area contributed by atoms with Crippen molar-refractivity contribution >= 4 is 17.7 Å². The molecule has 0 spiro atoms. The minimum atomic E-state index is -0.100. The molecule has 0 atom stereocenters. The summed E-state index contributed by atoms with van der Waals surface area (Å²) in [7, 11) is 0. The number of hydrogen-bond acceptors (Lipinski definition) is 4. The minimum absolute atomic E-state index is 0.100. The molecule has 2 aromatic carbocycles. The molecule has 0 aliphatic rings. The van der Waals surface area contributed by atoms with Gasteiger partial charge in [0.15, 0.2) is 0 Å². The Kier molecular flexibility index (Phi) is 6.02. The lowest BCUT2D eigenvalue weighted by Gasteiger charge is -2.10. The molecule has 0 aliphatic carbocycles. The lowest BCUT2D eigenvalue weighted by atomic mass is 10.2. The van der Waals surface area contributed by atoms with E-state index < -0.39 is 0 Å². The van der Waals surface area contributed by atoms with Crippen molar-refractivity contribution in [3.63, 3.8) is 0 Å². The van der Waals surface area contributed by atoms with Gasteiger partial charge in [0.1, 0.15) is 0 Å². The lowest BCUT2D eigenvalue weighted by molar-refractivity contribution is 0.0948. The van der Waals surface area contributed by atoms with Gasteiger partial charge in [-0.25, -0.2) is 0 Å². The zero-order valence-corrected chi connectivity index (χ0v) is 14.9. The Morgan fingerprint density at radius 2 is 1.85 bits per heavy atom. The van der Waals surface area contributed by atoms with Crippen molar-refractivity contribution in [3.8, 4) is 6.07 Å². The molecule has 0 fully saturated rings. The van der Waals surface area contributed by atoms with E-state index in [1.54, 1.807) is 24.2 Å². The summed E-state index contributed by atoms with van der Waals surface area (Å²) in [5.41, 5.74) is 3.38. The number of benzene rings is 2. The number of nitrogens with zero attached hydrogens (tertiary/aromatic N) is 2. The van der Waals surface area contributed by atoms with Crippen molar-refractivity contribution in [2.24, 2.45) is 0 Å². The summed E-state index contributed by atoms with van der Waals surface area (Å²) in [4.78, 5) is 17.5. The summed E-state index contributed by atoms with van der Waals surface area (Å²) in [5.74, 6) is 0.635. The predicted octanol–water partition coefficient (Wildman–Crippen LogP) is 4.18. The number of nitrogens with one attached hydrogen (secondary N) is 1. The lowest BCUT2D eigenvalue weighted by Crippen LogP contribution is -2.23. The number of pyridine rings is 1. The zero-order valence-electron chi connectivity index (χ0n) is 14.1. The number of nitriles is 1. The Bertz CT molecular complexity index is 918. The monoisotopic (exact) mass is 359 g/mol. The molecule has 0 saturated carbocycles. The molecule has 0 radical (unpaired) electrons. The van der Waals surface area contributed by atoms with Gasteiger partial charge in [-0.2, -0.15) is 5.26 Å². The van der Waals surface area contributed by atoms with Crippen LogP contribution < -0.4 is 5.32 Å². The quantitative estimate of drug-likeness (QED) is 0.671. The number of amides is 1. The first-order chi connectivity index (χ1) is 12.8. The molecule has 1 amide bonds. The number of carbonyl (C=O) groups is 1. The van der Waals surface area contributed by atoms with Gasteiger partial charge in [0.25, 0.3) is 5.91 Å². The molecule has 0 unspecified atom stereocenters. The highest BCUT2D eigenvalue weighted by molar-refractivity contribution is 7.98. The number of thioether (sulfide) groups is 1. The Morgan fingerprint density at radius 1 is 1.04 bits per heavy atom. The average molecular weight is 359 g/mol. The van der Waals surface area contributed by atoms with Crippen LogP contribution in [0.15, 0.2) is 78.0 Å². The van der Waals surface area contributed by atoms with Crippen molar-refractivity contribution in [1.29, 1.82) is 5.26 Å². The Morgan fingerprint density at radius 3 is 2.58 bits per heavy atom. The fourth-order valence-corrected chi connectivity index (χ4v) is 3.40. The summed E-state index contributed by atoms with van der Waals surface area (Å²) in [6, 6.07) is 21.0. The van der Waals surface area contributed by atoms with Crippen LogP contribution in [0.1, 0.15) is 27.0 Å². The first kappa shape index (κ1) is 17.7. The topological polar surface area (TPSA) is 65.8 Å². The Hall–Kier alpha value is -3.10. The highest BCUT2D eigenvalue weighted by Gasteiger charge is 2.11. The van der Waals surface area contributed by atoms with Gasteiger partial charge in [-0.3, -0.25) is 9.78 Å². The van der Waals surface area contributed by atoms with Crippen LogP contribution in [0.2, 0.25) is 0 Å². The van der Waals surface area contributed by atoms with Crippen LogP contribution >= 0.6 is 11.8 Å². The van der Waals surface area contributed by atoms with Crippen LogP contribution in [0, 0.1) is 11.3 Å². The summed E-state index contributed by atoms with van der Waals surface area (Å²) in [6.45, 7) is 0.446. The van der Waals surface area contributed by atoms with E-state index in [1.165, 1.54) is 0 Å². The molecular formula is C21H17N3OS. The third-order valence-electron chi connectivity index (χ3n) is 3.78. The van der Waals surface area contributed by atoms with Crippen molar-refractivity contribution < 1.29 is 4.79 Å². The molecule has 1 N–H and O–H groups in total. The summed E-state index contributed by atoms with van der Waals surface area (Å²) >= 11 is 1.61. The molecular weight excluding hydrogens is 342 g/mol. The molecule has 1 aromatic heterocycles. The highest BCUT2D eigenvalue weighted by Crippen LogP contribution is 2.26. The second-order valence-corrected chi connectivity index (χ2v) is 6.65. The van der Waals surface area contributed by atoms with Crippen LogP contribution in [-0.4, -0.2) is 10.9 Å². The highest BCUT2D eigenvalue weighted by atomic mass is 32.2. The van der Waals surface area contributed by atoms with E-state index >= 15 is 0 Å². The fourth-order valence-electron chi connectivity index (χ4n) is 2.40. The van der Waals surface area contributed by atoms with Crippen LogP contribution in [0.5, 0.6) is 0 Å². The van der Waals surface area contributed by atoms with Crippen LogP contribution in [0.4, 0.5) is 0 Å². The number of hydrogen-bond donors (Lipinski definition) is 1. The Labute approximate surface area is 156 Å². The molecule has 0 bridgehead atoms. The molecule has 26 heavy (non-hydrogen) atoms. The second-order valence-electron chi connectivity index (χ2n) is 5.64. The molecule has 128 valence electrons. The smallest absolute Gasteiger partial charge is 0.252 e. The van der Waals surface area contributed by atoms with E-state index in [2.05, 4.69) is 16.4 Å². The van der Waals surface area contributed by atoms with Crippen molar-refractivity contribution in [2.75, 3.05) is 0 Å². The van der Waals surface area contributed by atoms with Gasteiger partial charge in [-0.1, -0.05) is 30.3 Å².